The van der Waals surface area contributed by atoms with E-state index in [1.54, 1.807) is 30.3 Å². The van der Waals surface area contributed by atoms with Crippen LogP contribution in [0.2, 0.25) is 0 Å². The zero-order chi connectivity index (χ0) is 17.1. The third kappa shape index (κ3) is 3.88. The topological polar surface area (TPSA) is 118 Å². The zero-order valence-electron chi connectivity index (χ0n) is 12.0. The third-order valence-electron chi connectivity index (χ3n) is 3.07. The molecule has 9 heteroatoms. The van der Waals surface area contributed by atoms with E-state index >= 15 is 0 Å². The van der Waals surface area contributed by atoms with Crippen molar-refractivity contribution >= 4 is 25.7 Å². The molecule has 0 amide bonds. The first-order chi connectivity index (χ1) is 10.8. The summed E-state index contributed by atoms with van der Waals surface area (Å²) in [7, 11) is -8.07. The molecule has 0 aliphatic carbocycles. The van der Waals surface area contributed by atoms with E-state index in [1.807, 2.05) is 0 Å². The Morgan fingerprint density at radius 3 is 2.09 bits per heavy atom. The summed E-state index contributed by atoms with van der Waals surface area (Å²) in [5, 5.41) is 14.2. The molecular formula is C14H16N2O5S2. The van der Waals surface area contributed by atoms with Gasteiger partial charge in [-0.1, -0.05) is 24.3 Å². The van der Waals surface area contributed by atoms with Gasteiger partial charge in [-0.25, -0.2) is 22.0 Å². The highest BCUT2D eigenvalue weighted by Gasteiger charge is 2.25. The van der Waals surface area contributed by atoms with Crippen LogP contribution < -0.4 is 9.44 Å². The zero-order valence-corrected chi connectivity index (χ0v) is 13.7. The quantitative estimate of drug-likeness (QED) is 0.782. The molecule has 0 atom stereocenters. The molecule has 0 spiro atoms. The van der Waals surface area contributed by atoms with Gasteiger partial charge in [-0.15, -0.1) is 0 Å². The monoisotopic (exact) mass is 356 g/mol. The molecule has 2 rings (SSSR count). The van der Waals surface area contributed by atoms with Gasteiger partial charge in [0.15, 0.2) is 0 Å². The number of benzene rings is 2. The van der Waals surface area contributed by atoms with Gasteiger partial charge in [0.05, 0.1) is 28.6 Å². The molecule has 0 radical (unpaired) electrons. The first-order valence-electron chi connectivity index (χ1n) is 6.58. The van der Waals surface area contributed by atoms with Gasteiger partial charge < -0.3 is 5.11 Å². The predicted octanol–water partition coefficient (Wildman–Crippen LogP) is 0.522. The van der Waals surface area contributed by atoms with Gasteiger partial charge in [-0.05, 0) is 30.3 Å². The number of hydrogen-bond acceptors (Lipinski definition) is 5. The van der Waals surface area contributed by atoms with Crippen molar-refractivity contribution in [3.63, 3.8) is 0 Å². The van der Waals surface area contributed by atoms with Gasteiger partial charge in [-0.3, -0.25) is 4.31 Å². The molecule has 7 nitrogen and oxygen atoms in total. The molecule has 3 N–H and O–H groups in total. The lowest BCUT2D eigenvalue weighted by Crippen LogP contribution is -2.33. The van der Waals surface area contributed by atoms with Crippen LogP contribution in [-0.4, -0.2) is 35.1 Å². The molecule has 0 aliphatic rings. The fourth-order valence-electron chi connectivity index (χ4n) is 2.01. The van der Waals surface area contributed by atoms with Crippen LogP contribution in [0.3, 0.4) is 0 Å². The van der Waals surface area contributed by atoms with Crippen LogP contribution in [0, 0.1) is 0 Å². The SMILES string of the molecule is NS(=O)(=O)c1cccc(S(=O)(=O)N(CCO)c2ccccc2)c1. The minimum atomic E-state index is -4.05. The second kappa shape index (κ2) is 6.67. The number of nitrogens with two attached hydrogens (primary N) is 1. The highest BCUT2D eigenvalue weighted by molar-refractivity contribution is 7.93. The lowest BCUT2D eigenvalue weighted by Gasteiger charge is -2.23. The summed E-state index contributed by atoms with van der Waals surface area (Å²) >= 11 is 0. The predicted molar refractivity (Wildman–Crippen MR) is 85.9 cm³/mol. The molecule has 0 saturated heterocycles. The van der Waals surface area contributed by atoms with Gasteiger partial charge in [0.2, 0.25) is 10.0 Å². The summed E-state index contributed by atoms with van der Waals surface area (Å²) in [5.74, 6) is 0. The maximum Gasteiger partial charge on any atom is 0.264 e. The highest BCUT2D eigenvalue weighted by Crippen LogP contribution is 2.24. The molecule has 0 fully saturated rings. The van der Waals surface area contributed by atoms with Crippen molar-refractivity contribution in [1.82, 2.24) is 0 Å². The van der Waals surface area contributed by atoms with E-state index < -0.39 is 20.0 Å². The van der Waals surface area contributed by atoms with E-state index in [1.165, 1.54) is 18.2 Å². The van der Waals surface area contributed by atoms with Crippen molar-refractivity contribution in [2.45, 2.75) is 9.79 Å². The number of rotatable bonds is 6. The number of sulfonamides is 2. The molecule has 0 heterocycles. The number of nitrogens with zero attached hydrogens (tertiary/aromatic N) is 1. The van der Waals surface area contributed by atoms with Crippen LogP contribution in [0.25, 0.3) is 0 Å². The maximum absolute atomic E-state index is 12.8. The van der Waals surface area contributed by atoms with E-state index in [9.17, 15) is 21.9 Å². The Bertz CT molecular complexity index is 880. The summed E-state index contributed by atoms with van der Waals surface area (Å²) < 4.78 is 49.4. The molecule has 0 saturated carbocycles. The largest absolute Gasteiger partial charge is 0.394 e. The Kier molecular flexibility index (Phi) is 5.05. The van der Waals surface area contributed by atoms with Gasteiger partial charge in [0.1, 0.15) is 0 Å². The van der Waals surface area contributed by atoms with Crippen LogP contribution in [0.1, 0.15) is 0 Å². The Morgan fingerprint density at radius 2 is 1.52 bits per heavy atom. The standard InChI is InChI=1S/C14H16N2O5S2/c15-22(18,19)13-7-4-8-14(11-13)23(20,21)16(9-10-17)12-5-2-1-3-6-12/h1-8,11,17H,9-10H2,(H2,15,18,19). The molecule has 0 aromatic heterocycles. The second-order valence-corrected chi connectivity index (χ2v) is 8.08. The van der Waals surface area contributed by atoms with Crippen LogP contribution >= 0.6 is 0 Å². The molecule has 0 aliphatic heterocycles. The van der Waals surface area contributed by atoms with Crippen LogP contribution in [-0.2, 0) is 20.0 Å². The molecule has 2 aromatic carbocycles. The minimum Gasteiger partial charge on any atom is -0.394 e. The van der Waals surface area contributed by atoms with Crippen LogP contribution in [0.5, 0.6) is 0 Å². The van der Waals surface area contributed by atoms with Gasteiger partial charge in [0.25, 0.3) is 10.0 Å². The summed E-state index contributed by atoms with van der Waals surface area (Å²) in [6.45, 7) is -0.547. The number of primary sulfonamides is 1. The Hall–Kier alpha value is -1.94. The highest BCUT2D eigenvalue weighted by atomic mass is 32.2. The molecular weight excluding hydrogens is 340 g/mol. The average molecular weight is 356 g/mol. The summed E-state index contributed by atoms with van der Waals surface area (Å²) in [6.07, 6.45) is 0. The van der Waals surface area contributed by atoms with Gasteiger partial charge >= 0.3 is 0 Å². The van der Waals surface area contributed by atoms with Crippen molar-refractivity contribution in [3.8, 4) is 0 Å². The lowest BCUT2D eigenvalue weighted by molar-refractivity contribution is 0.306. The third-order valence-corrected chi connectivity index (χ3v) is 5.80. The molecule has 0 bridgehead atoms. The maximum atomic E-state index is 12.8. The van der Waals surface area contributed by atoms with E-state index in [-0.39, 0.29) is 22.9 Å². The second-order valence-electron chi connectivity index (χ2n) is 4.66. The number of para-hydroxylation sites is 1. The van der Waals surface area contributed by atoms with Gasteiger partial charge in [-0.2, -0.15) is 0 Å². The van der Waals surface area contributed by atoms with Crippen molar-refractivity contribution in [3.05, 3.63) is 54.6 Å². The molecule has 0 unspecified atom stereocenters. The first-order valence-corrected chi connectivity index (χ1v) is 9.57. The van der Waals surface area contributed by atoms with Crippen molar-refractivity contribution in [2.24, 2.45) is 5.14 Å². The Morgan fingerprint density at radius 1 is 0.913 bits per heavy atom. The Balaban J connectivity index is 2.55. The normalized spacial score (nSPS) is 12.1. The first kappa shape index (κ1) is 17.4. The fourth-order valence-corrected chi connectivity index (χ4v) is 4.15. The average Bonchev–Trinajstić information content (AvgIpc) is 2.52. The van der Waals surface area contributed by atoms with E-state index in [2.05, 4.69) is 0 Å². The lowest BCUT2D eigenvalue weighted by atomic mass is 10.3. The number of hydrogen-bond donors (Lipinski definition) is 2. The van der Waals surface area contributed by atoms with Gasteiger partial charge in [0, 0.05) is 0 Å². The summed E-state index contributed by atoms with van der Waals surface area (Å²) in [6, 6.07) is 13.0. The molecule has 124 valence electrons. The molecule has 2 aromatic rings. The van der Waals surface area contributed by atoms with Crippen molar-refractivity contribution in [2.75, 3.05) is 17.5 Å². The smallest absolute Gasteiger partial charge is 0.264 e. The van der Waals surface area contributed by atoms with Crippen LogP contribution in [0.15, 0.2) is 64.4 Å². The summed E-state index contributed by atoms with van der Waals surface area (Å²) in [4.78, 5) is -0.517. The van der Waals surface area contributed by atoms with Crippen molar-refractivity contribution < 1.29 is 21.9 Å². The minimum absolute atomic E-state index is 0.161. The van der Waals surface area contributed by atoms with E-state index in [0.717, 1.165) is 10.4 Å². The van der Waals surface area contributed by atoms with E-state index in [0.29, 0.717) is 5.69 Å². The Labute approximate surface area is 135 Å². The van der Waals surface area contributed by atoms with E-state index in [4.69, 9.17) is 5.14 Å². The molecule has 23 heavy (non-hydrogen) atoms. The summed E-state index contributed by atoms with van der Waals surface area (Å²) in [5.41, 5.74) is 0.363. The number of aliphatic hydroxyl groups is 1. The number of aliphatic hydroxyl groups excluding tert-OH is 1. The van der Waals surface area contributed by atoms with Crippen LogP contribution in [0.4, 0.5) is 5.69 Å². The fraction of sp³-hybridized carbons (Fsp3) is 0.143. The van der Waals surface area contributed by atoms with Crippen molar-refractivity contribution in [1.29, 1.82) is 0 Å². The number of anilines is 1.